The number of rotatable bonds is 58. The van der Waals surface area contributed by atoms with Crippen LogP contribution in [0.4, 0.5) is 4.79 Å². The summed E-state index contributed by atoms with van der Waals surface area (Å²) in [4.78, 5) is 47.9. The summed E-state index contributed by atoms with van der Waals surface area (Å²) in [6.07, 6.45) is 8.85. The topological polar surface area (TPSA) is 283 Å². The molecule has 5 amide bonds. The molecule has 0 aromatic heterocycles. The van der Waals surface area contributed by atoms with Gasteiger partial charge in [-0.05, 0) is 80.3 Å². The van der Waals surface area contributed by atoms with Crippen molar-refractivity contribution in [2.75, 3.05) is 190 Å². The molecule has 0 spiro atoms. The standard InChI is InChI=1S/C59H98ClN5O18S/c60-17-4-3-7-49-12-15-55(54(66)45-49)83-20-6-5-18-63-58(69)51-13-10-50(11-14-51)47-64-57(68)16-21-71-23-25-73-27-29-75-31-33-77-35-37-79-39-41-81-43-44-82-42-40-80-38-36-78-34-32-76-30-28-74-26-24-72-22-19-62-56(67)9-2-1-8-53-46-52(48-84-53)65-59(61)70/h10-15,45,52-53,60H,1-9,16-44,46-48H2,(H6-,61,62,63,64,65,66,67,68,69,70)/p+1/t52?,53-/m0/s1. The summed E-state index contributed by atoms with van der Waals surface area (Å²) in [7, 11) is 0. The first kappa shape index (κ1) is 74.1. The van der Waals surface area contributed by atoms with E-state index < -0.39 is 6.03 Å². The van der Waals surface area contributed by atoms with Crippen LogP contribution in [-0.2, 0) is 79.4 Å². The van der Waals surface area contributed by atoms with Gasteiger partial charge in [0.15, 0.2) is 17.4 Å². The second-order valence-electron chi connectivity index (χ2n) is 19.3. The van der Waals surface area contributed by atoms with Crippen molar-refractivity contribution < 1.29 is 97.5 Å². The van der Waals surface area contributed by atoms with Gasteiger partial charge in [0.25, 0.3) is 5.91 Å². The highest BCUT2D eigenvalue weighted by atomic mass is 35.5. The van der Waals surface area contributed by atoms with E-state index >= 15 is 0 Å². The maximum Gasteiger partial charge on any atom is 0.312 e. The number of amides is 5. The number of benzene rings is 2. The number of carbonyl (C=O) groups is 4. The smallest absolute Gasteiger partial charge is 0.312 e. The van der Waals surface area contributed by atoms with Crippen LogP contribution in [0.2, 0.25) is 0 Å². The second-order valence-corrected chi connectivity index (χ2v) is 21.1. The van der Waals surface area contributed by atoms with E-state index in [1.165, 1.54) is 0 Å². The molecule has 480 valence electrons. The van der Waals surface area contributed by atoms with E-state index in [9.17, 15) is 24.3 Å². The number of halogens is 1. The highest BCUT2D eigenvalue weighted by Gasteiger charge is 2.25. The van der Waals surface area contributed by atoms with Crippen molar-refractivity contribution in [1.29, 1.82) is 0 Å². The number of phenolic OH excluding ortho intramolecular Hbond substituents is 1. The van der Waals surface area contributed by atoms with Gasteiger partial charge in [0, 0.05) is 61.5 Å². The van der Waals surface area contributed by atoms with Crippen molar-refractivity contribution in [3.05, 3.63) is 59.2 Å². The maximum absolute atomic E-state index is 12.6. The van der Waals surface area contributed by atoms with Crippen LogP contribution in [0.5, 0.6) is 11.5 Å². The highest BCUT2D eigenvalue weighted by Crippen LogP contribution is 2.31. The number of hydrogen-bond donors (Lipinski definition) is 6. The molecule has 0 aliphatic carbocycles. The number of carbonyl (C=O) groups excluding carboxylic acids is 4. The van der Waals surface area contributed by atoms with Crippen LogP contribution in [0.3, 0.4) is 0 Å². The molecule has 0 radical (unpaired) electrons. The van der Waals surface area contributed by atoms with Gasteiger partial charge in [0.05, 0.1) is 165 Å². The van der Waals surface area contributed by atoms with Gasteiger partial charge in [-0.25, -0.2) is 4.79 Å². The molecule has 1 heterocycles. The number of unbranched alkanes of at least 4 members (excludes halogenated alkanes) is 3. The molecule has 7 N–H and O–H groups in total. The van der Waals surface area contributed by atoms with E-state index in [-0.39, 0.29) is 42.5 Å². The summed E-state index contributed by atoms with van der Waals surface area (Å²) in [6.45, 7) is 12.4. The van der Waals surface area contributed by atoms with Gasteiger partial charge in [-0.3, -0.25) is 14.4 Å². The minimum Gasteiger partial charge on any atom is -0.504 e. The van der Waals surface area contributed by atoms with Gasteiger partial charge >= 0.3 is 6.03 Å². The summed E-state index contributed by atoms with van der Waals surface area (Å²) in [6, 6.07) is 12.3. The Bertz CT molecular complexity index is 1960. The number of primary amides is 1. The van der Waals surface area contributed by atoms with Crippen molar-refractivity contribution in [3.63, 3.8) is 0 Å². The minimum absolute atomic E-state index is 0.0344. The van der Waals surface area contributed by atoms with Gasteiger partial charge in [-0.1, -0.05) is 24.6 Å². The first-order valence-electron chi connectivity index (χ1n) is 29.8. The van der Waals surface area contributed by atoms with Crippen LogP contribution in [0.25, 0.3) is 0 Å². The van der Waals surface area contributed by atoms with Crippen LogP contribution in [0.1, 0.15) is 85.7 Å². The molecule has 1 saturated heterocycles. The van der Waals surface area contributed by atoms with Crippen molar-refractivity contribution in [3.8, 4) is 11.5 Å². The molecule has 2 atom stereocenters. The number of hydrogen-bond acceptors (Lipinski definition) is 19. The maximum atomic E-state index is 12.6. The van der Waals surface area contributed by atoms with Crippen LogP contribution < -0.4 is 31.7 Å². The molecule has 2 aromatic rings. The van der Waals surface area contributed by atoms with Gasteiger partial charge in [-0.2, -0.15) is 11.8 Å². The van der Waals surface area contributed by atoms with Crippen LogP contribution in [0.15, 0.2) is 42.5 Å². The van der Waals surface area contributed by atoms with E-state index in [1.54, 1.807) is 24.3 Å². The average molecular weight is 1230 g/mol. The number of nitrogens with two attached hydrogens (primary N) is 1. The summed E-state index contributed by atoms with van der Waals surface area (Å²) >= 11 is 6.85. The summed E-state index contributed by atoms with van der Waals surface area (Å²) < 4.78 is 72.0. The Kier molecular flexibility index (Phi) is 46.9. The van der Waals surface area contributed by atoms with Gasteiger partial charge in [0.1, 0.15) is 11.6 Å². The van der Waals surface area contributed by atoms with Crippen molar-refractivity contribution in [1.82, 2.24) is 21.3 Å². The summed E-state index contributed by atoms with van der Waals surface area (Å²) in [5.41, 5.74) is 7.68. The Hall–Kier alpha value is -4.12. The molecule has 1 aliphatic heterocycles. The molecular weight excluding hydrogens is 1130 g/mol. The Morgan fingerprint density at radius 2 is 1.00 bits per heavy atom. The lowest BCUT2D eigenvalue weighted by Crippen LogP contribution is -2.38. The fourth-order valence-electron chi connectivity index (χ4n) is 7.95. The lowest BCUT2D eigenvalue weighted by atomic mass is 10.1. The number of thioether (sulfide) groups is 1. The third kappa shape index (κ3) is 42.7. The lowest BCUT2D eigenvalue weighted by Gasteiger charge is -2.11. The summed E-state index contributed by atoms with van der Waals surface area (Å²) in [5, 5.41) is 22.2. The molecule has 25 heteroatoms. The lowest BCUT2D eigenvalue weighted by molar-refractivity contribution is -0.368. The highest BCUT2D eigenvalue weighted by molar-refractivity contribution is 8.00. The first-order chi connectivity index (χ1) is 41.2. The number of aryl methyl sites for hydroxylation is 1. The first-order valence-corrected chi connectivity index (χ1v) is 31.4. The third-order valence-corrected chi connectivity index (χ3v) is 14.2. The Morgan fingerprint density at radius 1 is 0.512 bits per heavy atom. The van der Waals surface area contributed by atoms with Gasteiger partial charge in [-0.15, -0.1) is 0 Å². The Balaban J connectivity index is 0.924. The SMILES string of the molecule is NC(=O)NC1CS[C@@H](CCCCC(=O)NCCOCCOCCOCCOCCOCCOCCOCCOCCOCCOCCOCCOCCC(=O)NCc2ccc(C(=O)NCCCCOc3ccc(CCCC[ClH+])cc3O)cc2)C1. The monoisotopic (exact) mass is 1230 g/mol. The van der Waals surface area contributed by atoms with E-state index in [0.29, 0.717) is 201 Å². The van der Waals surface area contributed by atoms with E-state index in [2.05, 4.69) is 21.3 Å². The number of alkyl halides is 1. The van der Waals surface area contributed by atoms with Crippen molar-refractivity contribution >= 4 is 35.5 Å². The number of phenols is 1. The number of urea groups is 1. The zero-order valence-electron chi connectivity index (χ0n) is 49.5. The Morgan fingerprint density at radius 3 is 1.50 bits per heavy atom. The van der Waals surface area contributed by atoms with Crippen LogP contribution in [0, 0.1) is 11.6 Å². The fourth-order valence-corrected chi connectivity index (χ4v) is 9.58. The Labute approximate surface area is 507 Å². The van der Waals surface area contributed by atoms with Crippen LogP contribution in [-0.4, -0.2) is 230 Å². The second kappa shape index (κ2) is 53.1. The molecule has 1 unspecified atom stereocenters. The van der Waals surface area contributed by atoms with Gasteiger partial charge in [0.2, 0.25) is 11.8 Å². The van der Waals surface area contributed by atoms with Gasteiger partial charge < -0.3 is 93.7 Å². The van der Waals surface area contributed by atoms with E-state index in [1.807, 2.05) is 30.0 Å². The predicted octanol–water partition coefficient (Wildman–Crippen LogP) is 4.01. The fraction of sp³-hybridized carbons (Fsp3) is 0.729. The quantitative estimate of drug-likeness (QED) is 0.0403. The van der Waals surface area contributed by atoms with Crippen LogP contribution >= 0.6 is 11.8 Å². The average Bonchev–Trinajstić information content (AvgIpc) is 4.08. The summed E-state index contributed by atoms with van der Waals surface area (Å²) in [5.74, 6) is 1.97. The molecule has 0 bridgehead atoms. The van der Waals surface area contributed by atoms with E-state index in [4.69, 9.17) is 78.9 Å². The van der Waals surface area contributed by atoms with Crippen molar-refractivity contribution in [2.24, 2.45) is 5.73 Å². The zero-order valence-corrected chi connectivity index (χ0v) is 51.1. The third-order valence-electron chi connectivity index (χ3n) is 12.4. The number of ether oxygens (including phenoxy) is 13. The molecule has 1 aliphatic rings. The number of aromatic hydroxyl groups is 1. The minimum atomic E-state index is -0.467. The molecule has 1 fully saturated rings. The molecular formula is C59H99ClN5O18S+. The molecule has 0 saturated carbocycles. The largest absolute Gasteiger partial charge is 0.504 e. The molecule has 23 nitrogen and oxygen atoms in total. The molecule has 3 rings (SSSR count). The zero-order chi connectivity index (χ0) is 60.0. The predicted molar refractivity (Wildman–Crippen MR) is 316 cm³/mol. The molecule has 2 aromatic carbocycles. The normalized spacial score (nSPS) is 14.0. The molecule has 84 heavy (non-hydrogen) atoms. The van der Waals surface area contributed by atoms with E-state index in [0.717, 1.165) is 80.5 Å². The van der Waals surface area contributed by atoms with Crippen molar-refractivity contribution in [2.45, 2.75) is 88.5 Å². The number of nitrogens with one attached hydrogen (secondary N) is 4.